The highest BCUT2D eigenvalue weighted by Crippen LogP contribution is 2.28. The van der Waals surface area contributed by atoms with Crippen molar-refractivity contribution in [3.8, 4) is 28.5 Å². The van der Waals surface area contributed by atoms with Gasteiger partial charge in [0, 0.05) is 43.9 Å². The van der Waals surface area contributed by atoms with Crippen molar-refractivity contribution in [2.75, 3.05) is 52.4 Å². The first-order valence-corrected chi connectivity index (χ1v) is 11.0. The molecule has 34 heavy (non-hydrogen) atoms. The SMILES string of the molecule is COc1ccc(-c2cc(N3CCN(C(=O)/C=C\c4ccc(OC)c(OC)c4)CC3)ncn2)cc1. The van der Waals surface area contributed by atoms with Crippen molar-refractivity contribution in [3.05, 3.63) is 66.5 Å². The Bertz CT molecular complexity index is 1160. The Morgan fingerprint density at radius 3 is 2.26 bits per heavy atom. The molecule has 0 N–H and O–H groups in total. The van der Waals surface area contributed by atoms with Crippen LogP contribution in [-0.4, -0.2) is 68.3 Å². The maximum absolute atomic E-state index is 12.7. The van der Waals surface area contributed by atoms with E-state index in [4.69, 9.17) is 14.2 Å². The second kappa shape index (κ2) is 10.7. The number of hydrogen-bond acceptors (Lipinski definition) is 7. The van der Waals surface area contributed by atoms with Crippen LogP contribution in [0.2, 0.25) is 0 Å². The highest BCUT2D eigenvalue weighted by atomic mass is 16.5. The van der Waals surface area contributed by atoms with Crippen molar-refractivity contribution in [2.45, 2.75) is 0 Å². The van der Waals surface area contributed by atoms with Crippen molar-refractivity contribution >= 4 is 17.8 Å². The highest BCUT2D eigenvalue weighted by Gasteiger charge is 2.21. The molecule has 1 aliphatic heterocycles. The molecule has 0 unspecified atom stereocenters. The third-order valence-electron chi connectivity index (χ3n) is 5.78. The number of hydrogen-bond donors (Lipinski definition) is 0. The molecule has 0 spiro atoms. The van der Waals surface area contributed by atoms with Gasteiger partial charge in [-0.3, -0.25) is 4.79 Å². The molecule has 1 saturated heterocycles. The van der Waals surface area contributed by atoms with E-state index in [2.05, 4.69) is 14.9 Å². The molecule has 1 amide bonds. The monoisotopic (exact) mass is 460 g/mol. The van der Waals surface area contributed by atoms with Crippen LogP contribution >= 0.6 is 0 Å². The van der Waals surface area contributed by atoms with Crippen molar-refractivity contribution in [1.82, 2.24) is 14.9 Å². The number of rotatable bonds is 7. The number of aromatic nitrogens is 2. The Labute approximate surface area is 199 Å². The first-order chi connectivity index (χ1) is 16.6. The molecule has 0 aliphatic carbocycles. The first kappa shape index (κ1) is 23.1. The van der Waals surface area contributed by atoms with E-state index in [-0.39, 0.29) is 5.91 Å². The van der Waals surface area contributed by atoms with Crippen LogP contribution in [0.3, 0.4) is 0 Å². The number of nitrogens with zero attached hydrogens (tertiary/aromatic N) is 4. The summed E-state index contributed by atoms with van der Waals surface area (Å²) in [6.45, 7) is 2.65. The molecule has 3 aromatic rings. The molecular formula is C26H28N4O4. The average molecular weight is 461 g/mol. The fourth-order valence-corrected chi connectivity index (χ4v) is 3.82. The lowest BCUT2D eigenvalue weighted by atomic mass is 10.1. The summed E-state index contributed by atoms with van der Waals surface area (Å²) in [5, 5.41) is 0. The van der Waals surface area contributed by atoms with E-state index in [0.29, 0.717) is 37.7 Å². The molecule has 1 fully saturated rings. The van der Waals surface area contributed by atoms with E-state index in [1.54, 1.807) is 39.8 Å². The minimum absolute atomic E-state index is 0.0176. The Hall–Kier alpha value is -4.07. The van der Waals surface area contributed by atoms with Crippen LogP contribution < -0.4 is 19.1 Å². The number of amides is 1. The summed E-state index contributed by atoms with van der Waals surface area (Å²) >= 11 is 0. The lowest BCUT2D eigenvalue weighted by Gasteiger charge is -2.35. The zero-order valence-electron chi connectivity index (χ0n) is 19.6. The molecule has 8 heteroatoms. The third kappa shape index (κ3) is 5.28. The number of ether oxygens (including phenoxy) is 3. The van der Waals surface area contributed by atoms with Crippen LogP contribution in [-0.2, 0) is 4.79 Å². The highest BCUT2D eigenvalue weighted by molar-refractivity contribution is 5.92. The van der Waals surface area contributed by atoms with Gasteiger partial charge in [0.25, 0.3) is 0 Å². The van der Waals surface area contributed by atoms with E-state index in [1.165, 1.54) is 0 Å². The molecule has 176 valence electrons. The second-order valence-electron chi connectivity index (χ2n) is 7.75. The zero-order chi connectivity index (χ0) is 23.9. The van der Waals surface area contributed by atoms with E-state index >= 15 is 0 Å². The lowest BCUT2D eigenvalue weighted by molar-refractivity contribution is -0.126. The van der Waals surface area contributed by atoms with Crippen LogP contribution in [0.4, 0.5) is 5.82 Å². The zero-order valence-corrected chi connectivity index (χ0v) is 19.6. The molecule has 8 nitrogen and oxygen atoms in total. The lowest BCUT2D eigenvalue weighted by Crippen LogP contribution is -2.48. The molecule has 0 saturated carbocycles. The van der Waals surface area contributed by atoms with E-state index in [0.717, 1.165) is 28.4 Å². The quantitative estimate of drug-likeness (QED) is 0.499. The fraction of sp³-hybridized carbons (Fsp3) is 0.269. The summed E-state index contributed by atoms with van der Waals surface area (Å²) in [5.74, 6) is 2.93. The molecule has 0 radical (unpaired) electrons. The number of piperazine rings is 1. The summed E-state index contributed by atoms with van der Waals surface area (Å²) < 4.78 is 15.8. The summed E-state index contributed by atoms with van der Waals surface area (Å²) in [7, 11) is 4.83. The van der Waals surface area contributed by atoms with E-state index in [9.17, 15) is 4.79 Å². The number of anilines is 1. The van der Waals surface area contributed by atoms with Crippen molar-refractivity contribution in [3.63, 3.8) is 0 Å². The van der Waals surface area contributed by atoms with Gasteiger partial charge in [-0.15, -0.1) is 0 Å². The summed E-state index contributed by atoms with van der Waals surface area (Å²) in [5.41, 5.74) is 2.72. The maximum Gasteiger partial charge on any atom is 0.246 e. The van der Waals surface area contributed by atoms with E-state index < -0.39 is 0 Å². The molecule has 4 rings (SSSR count). The second-order valence-corrected chi connectivity index (χ2v) is 7.75. The fourth-order valence-electron chi connectivity index (χ4n) is 3.82. The van der Waals surface area contributed by atoms with Gasteiger partial charge in [-0.25, -0.2) is 9.97 Å². The normalized spacial score (nSPS) is 13.7. The first-order valence-electron chi connectivity index (χ1n) is 11.0. The molecule has 2 aromatic carbocycles. The molecule has 0 atom stereocenters. The van der Waals surface area contributed by atoms with Crippen LogP contribution in [0.15, 0.2) is 60.9 Å². The van der Waals surface area contributed by atoms with Gasteiger partial charge < -0.3 is 24.0 Å². The van der Waals surface area contributed by atoms with Crippen LogP contribution in [0.25, 0.3) is 17.3 Å². The summed E-state index contributed by atoms with van der Waals surface area (Å²) in [6, 6.07) is 15.3. The number of methoxy groups -OCH3 is 3. The minimum atomic E-state index is -0.0176. The largest absolute Gasteiger partial charge is 0.497 e. The van der Waals surface area contributed by atoms with Gasteiger partial charge in [0.15, 0.2) is 11.5 Å². The molecule has 2 heterocycles. The smallest absolute Gasteiger partial charge is 0.246 e. The van der Waals surface area contributed by atoms with Gasteiger partial charge >= 0.3 is 0 Å². The van der Waals surface area contributed by atoms with E-state index in [1.807, 2.05) is 53.4 Å². The minimum Gasteiger partial charge on any atom is -0.497 e. The van der Waals surface area contributed by atoms with Gasteiger partial charge in [-0.2, -0.15) is 0 Å². The number of carbonyl (C=O) groups excluding carboxylic acids is 1. The third-order valence-corrected chi connectivity index (χ3v) is 5.78. The van der Waals surface area contributed by atoms with Crippen LogP contribution in [0.5, 0.6) is 17.2 Å². The topological polar surface area (TPSA) is 77.0 Å². The Morgan fingerprint density at radius 1 is 0.853 bits per heavy atom. The Morgan fingerprint density at radius 2 is 1.59 bits per heavy atom. The molecule has 0 bridgehead atoms. The van der Waals surface area contributed by atoms with Gasteiger partial charge in [-0.05, 0) is 48.0 Å². The maximum atomic E-state index is 12.7. The summed E-state index contributed by atoms with van der Waals surface area (Å²) in [4.78, 5) is 25.6. The molecule has 1 aliphatic rings. The standard InChI is InChI=1S/C26H28N4O4/c1-32-21-8-6-20(7-9-21)22-17-25(28-18-27-22)29-12-14-30(15-13-29)26(31)11-5-19-4-10-23(33-2)24(16-19)34-3/h4-11,16-18H,12-15H2,1-3H3/b11-5-. The van der Waals surface area contributed by atoms with Crippen molar-refractivity contribution < 1.29 is 19.0 Å². The van der Waals surface area contributed by atoms with Gasteiger partial charge in [0.1, 0.15) is 17.9 Å². The van der Waals surface area contributed by atoms with Crippen LogP contribution in [0, 0.1) is 0 Å². The Kier molecular flexibility index (Phi) is 7.27. The van der Waals surface area contributed by atoms with Gasteiger partial charge in [0.2, 0.25) is 5.91 Å². The Balaban J connectivity index is 1.36. The summed E-state index contributed by atoms with van der Waals surface area (Å²) in [6.07, 6.45) is 4.98. The van der Waals surface area contributed by atoms with Crippen molar-refractivity contribution in [2.24, 2.45) is 0 Å². The number of benzene rings is 2. The predicted octanol–water partition coefficient (Wildman–Crippen LogP) is 3.53. The average Bonchev–Trinajstić information content (AvgIpc) is 2.91. The van der Waals surface area contributed by atoms with Gasteiger partial charge in [-0.1, -0.05) is 6.07 Å². The predicted molar refractivity (Wildman–Crippen MR) is 131 cm³/mol. The van der Waals surface area contributed by atoms with Gasteiger partial charge in [0.05, 0.1) is 27.0 Å². The number of carbonyl (C=O) groups is 1. The van der Waals surface area contributed by atoms with Crippen molar-refractivity contribution in [1.29, 1.82) is 0 Å². The van der Waals surface area contributed by atoms with Crippen LogP contribution in [0.1, 0.15) is 5.56 Å². The molecule has 1 aromatic heterocycles. The molecular weight excluding hydrogens is 432 g/mol.